The lowest BCUT2D eigenvalue weighted by atomic mass is 10.1. The highest BCUT2D eigenvalue weighted by atomic mass is 16.5. The van der Waals surface area contributed by atoms with Crippen molar-refractivity contribution in [3.63, 3.8) is 0 Å². The molecular weight excluding hydrogens is 332 g/mol. The maximum atomic E-state index is 12.5. The van der Waals surface area contributed by atoms with Crippen LogP contribution >= 0.6 is 0 Å². The molecule has 4 aromatic rings. The molecule has 4 rings (SSSR count). The fourth-order valence-electron chi connectivity index (χ4n) is 2.84. The van der Waals surface area contributed by atoms with Crippen LogP contribution in [0.2, 0.25) is 0 Å². The summed E-state index contributed by atoms with van der Waals surface area (Å²) in [6.07, 6.45) is 1.59. The number of para-hydroxylation sites is 2. The number of rotatable bonds is 4. The number of aliphatic hydroxyl groups excluding tert-OH is 1. The van der Waals surface area contributed by atoms with Crippen molar-refractivity contribution in [2.45, 2.75) is 6.61 Å². The Morgan fingerprint density at radius 1 is 1.15 bits per heavy atom. The summed E-state index contributed by atoms with van der Waals surface area (Å²) in [5.74, 6) is 1.06. The third-order valence-electron chi connectivity index (χ3n) is 4.15. The summed E-state index contributed by atoms with van der Waals surface area (Å²) < 4.78 is 6.85. The molecule has 0 fully saturated rings. The van der Waals surface area contributed by atoms with E-state index in [1.807, 2.05) is 36.4 Å². The topological polar surface area (TPSA) is 93.0 Å². The normalized spacial score (nSPS) is 11.0. The second kappa shape index (κ2) is 6.45. The van der Waals surface area contributed by atoms with Crippen molar-refractivity contribution < 1.29 is 9.84 Å². The molecule has 0 saturated heterocycles. The monoisotopic (exact) mass is 348 g/mol. The average Bonchev–Trinajstić information content (AvgIpc) is 3.02. The molecule has 130 valence electrons. The van der Waals surface area contributed by atoms with Crippen LogP contribution in [0.3, 0.4) is 0 Å². The van der Waals surface area contributed by atoms with Gasteiger partial charge in [-0.3, -0.25) is 0 Å². The summed E-state index contributed by atoms with van der Waals surface area (Å²) in [6.45, 7) is -0.0225. The predicted molar refractivity (Wildman–Crippen MR) is 97.4 cm³/mol. The van der Waals surface area contributed by atoms with Crippen LogP contribution in [0.1, 0.15) is 5.56 Å². The molecule has 2 heterocycles. The van der Waals surface area contributed by atoms with Gasteiger partial charge in [-0.25, -0.2) is 19.3 Å². The Balaban J connectivity index is 1.91. The first-order valence-corrected chi connectivity index (χ1v) is 8.02. The van der Waals surface area contributed by atoms with E-state index in [4.69, 9.17) is 9.84 Å². The largest absolute Gasteiger partial charge is 0.495 e. The molecule has 0 unspecified atom stereocenters. The first-order valence-electron chi connectivity index (χ1n) is 8.02. The molecule has 0 saturated carbocycles. The SMILES string of the molecule is COc1ccccc1-n1c(=O)[nH]c2cnc(-c3ccc(CO)cc3)nc21. The first kappa shape index (κ1) is 16.0. The van der Waals surface area contributed by atoms with Crippen LogP contribution in [0.25, 0.3) is 28.2 Å². The van der Waals surface area contributed by atoms with Crippen LogP contribution in [-0.4, -0.2) is 31.7 Å². The number of hydrogen-bond donors (Lipinski definition) is 2. The molecule has 2 aromatic carbocycles. The highest BCUT2D eigenvalue weighted by Crippen LogP contribution is 2.24. The fraction of sp³-hybridized carbons (Fsp3) is 0.105. The van der Waals surface area contributed by atoms with E-state index in [1.165, 1.54) is 4.57 Å². The summed E-state index contributed by atoms with van der Waals surface area (Å²) in [6, 6.07) is 14.6. The molecule has 7 nitrogen and oxygen atoms in total. The molecule has 0 aliphatic carbocycles. The number of aromatic amines is 1. The minimum atomic E-state index is -0.313. The van der Waals surface area contributed by atoms with E-state index < -0.39 is 0 Å². The van der Waals surface area contributed by atoms with E-state index >= 15 is 0 Å². The molecular formula is C19H16N4O3. The number of aliphatic hydroxyl groups is 1. The van der Waals surface area contributed by atoms with Crippen LogP contribution in [0.5, 0.6) is 5.75 Å². The molecule has 26 heavy (non-hydrogen) atoms. The lowest BCUT2D eigenvalue weighted by Crippen LogP contribution is -2.15. The van der Waals surface area contributed by atoms with Crippen molar-refractivity contribution in [1.82, 2.24) is 19.5 Å². The van der Waals surface area contributed by atoms with E-state index in [2.05, 4.69) is 15.0 Å². The van der Waals surface area contributed by atoms with Gasteiger partial charge in [0, 0.05) is 5.56 Å². The molecule has 2 N–H and O–H groups in total. The van der Waals surface area contributed by atoms with Crippen molar-refractivity contribution >= 4 is 11.2 Å². The minimum absolute atomic E-state index is 0.0225. The highest BCUT2D eigenvalue weighted by Gasteiger charge is 2.15. The van der Waals surface area contributed by atoms with Gasteiger partial charge in [-0.1, -0.05) is 36.4 Å². The van der Waals surface area contributed by atoms with Gasteiger partial charge in [-0.05, 0) is 17.7 Å². The van der Waals surface area contributed by atoms with Gasteiger partial charge in [0.25, 0.3) is 0 Å². The van der Waals surface area contributed by atoms with Gasteiger partial charge >= 0.3 is 5.69 Å². The Hall–Kier alpha value is -3.45. The summed E-state index contributed by atoms with van der Waals surface area (Å²) in [5.41, 5.74) is 2.90. The Bertz CT molecular complexity index is 1130. The standard InChI is InChI=1S/C19H16N4O3/c1-26-16-5-3-2-4-15(16)23-18-14(21-19(23)25)10-20-17(22-18)13-8-6-12(11-24)7-9-13/h2-10,24H,11H2,1H3,(H,21,25). The van der Waals surface area contributed by atoms with Crippen molar-refractivity contribution in [2.75, 3.05) is 7.11 Å². The fourth-order valence-corrected chi connectivity index (χ4v) is 2.84. The lowest BCUT2D eigenvalue weighted by Gasteiger charge is -2.09. The Morgan fingerprint density at radius 3 is 2.65 bits per heavy atom. The molecule has 0 aliphatic rings. The number of nitrogens with one attached hydrogen (secondary N) is 1. The second-order valence-corrected chi connectivity index (χ2v) is 5.72. The van der Waals surface area contributed by atoms with Gasteiger partial charge in [-0.15, -0.1) is 0 Å². The number of imidazole rings is 1. The van der Waals surface area contributed by atoms with E-state index in [-0.39, 0.29) is 12.3 Å². The number of methoxy groups -OCH3 is 1. The van der Waals surface area contributed by atoms with E-state index in [0.717, 1.165) is 11.1 Å². The Kier molecular flexibility index (Phi) is 3.98. The molecule has 0 aliphatic heterocycles. The molecule has 7 heteroatoms. The molecule has 0 bridgehead atoms. The van der Waals surface area contributed by atoms with Crippen LogP contribution in [0.15, 0.2) is 59.5 Å². The lowest BCUT2D eigenvalue weighted by molar-refractivity contribution is 0.282. The summed E-state index contributed by atoms with van der Waals surface area (Å²) >= 11 is 0. The van der Waals surface area contributed by atoms with Gasteiger partial charge in [0.1, 0.15) is 11.3 Å². The van der Waals surface area contributed by atoms with Crippen LogP contribution in [0.4, 0.5) is 0 Å². The molecule has 0 radical (unpaired) electrons. The van der Waals surface area contributed by atoms with Crippen molar-refractivity contribution in [1.29, 1.82) is 0 Å². The highest BCUT2D eigenvalue weighted by molar-refractivity contribution is 5.75. The van der Waals surface area contributed by atoms with Gasteiger partial charge in [-0.2, -0.15) is 0 Å². The van der Waals surface area contributed by atoms with Gasteiger partial charge in [0.2, 0.25) is 0 Å². The summed E-state index contributed by atoms with van der Waals surface area (Å²) in [7, 11) is 1.56. The van der Waals surface area contributed by atoms with Gasteiger partial charge < -0.3 is 14.8 Å². The Labute approximate surface area is 148 Å². The smallest absolute Gasteiger partial charge is 0.332 e. The van der Waals surface area contributed by atoms with Gasteiger partial charge in [0.15, 0.2) is 11.5 Å². The van der Waals surface area contributed by atoms with E-state index in [0.29, 0.717) is 28.4 Å². The van der Waals surface area contributed by atoms with Crippen molar-refractivity contribution in [3.05, 3.63) is 70.8 Å². The van der Waals surface area contributed by atoms with Crippen molar-refractivity contribution in [2.24, 2.45) is 0 Å². The minimum Gasteiger partial charge on any atom is -0.495 e. The zero-order valence-electron chi connectivity index (χ0n) is 14.0. The van der Waals surface area contributed by atoms with Crippen molar-refractivity contribution in [3.8, 4) is 22.8 Å². The molecule has 0 amide bonds. The quantitative estimate of drug-likeness (QED) is 0.590. The summed E-state index contributed by atoms with van der Waals surface area (Å²) in [4.78, 5) is 24.2. The third-order valence-corrected chi connectivity index (χ3v) is 4.15. The number of fused-ring (bicyclic) bond motifs is 1. The number of aromatic nitrogens is 4. The van der Waals surface area contributed by atoms with Crippen LogP contribution in [-0.2, 0) is 6.61 Å². The van der Waals surface area contributed by atoms with Crippen LogP contribution < -0.4 is 10.4 Å². The zero-order chi connectivity index (χ0) is 18.1. The summed E-state index contributed by atoms with van der Waals surface area (Å²) in [5, 5.41) is 9.17. The zero-order valence-corrected chi connectivity index (χ0v) is 14.0. The molecule has 0 atom stereocenters. The average molecular weight is 348 g/mol. The van der Waals surface area contributed by atoms with E-state index in [1.54, 1.807) is 25.4 Å². The number of H-pyrrole nitrogens is 1. The number of benzene rings is 2. The molecule has 0 spiro atoms. The third kappa shape index (κ3) is 2.64. The number of ether oxygens (including phenoxy) is 1. The van der Waals surface area contributed by atoms with Gasteiger partial charge in [0.05, 0.1) is 25.6 Å². The number of nitrogens with zero attached hydrogens (tertiary/aromatic N) is 3. The van der Waals surface area contributed by atoms with Crippen LogP contribution in [0, 0.1) is 0 Å². The second-order valence-electron chi connectivity index (χ2n) is 5.72. The first-order chi connectivity index (χ1) is 12.7. The number of hydrogen-bond acceptors (Lipinski definition) is 5. The maximum absolute atomic E-state index is 12.5. The Morgan fingerprint density at radius 2 is 1.92 bits per heavy atom. The predicted octanol–water partition coefficient (Wildman–Crippen LogP) is 2.28. The van der Waals surface area contributed by atoms with E-state index in [9.17, 15) is 4.79 Å². The molecule has 2 aromatic heterocycles. The maximum Gasteiger partial charge on any atom is 0.332 e.